The summed E-state index contributed by atoms with van der Waals surface area (Å²) in [4.78, 5) is 0. The lowest BCUT2D eigenvalue weighted by Gasteiger charge is -2.01. The molecular weight excluding hydrogens is 179 g/mol. The maximum Gasteiger partial charge on any atom is 0.353 e. The molecule has 0 amide bonds. The summed E-state index contributed by atoms with van der Waals surface area (Å²) in [6.45, 7) is 0. The third-order valence-corrected chi connectivity index (χ3v) is 2.59. The Morgan fingerprint density at radius 2 is 1.33 bits per heavy atom. The Morgan fingerprint density at radius 3 is 1.58 bits per heavy atom. The van der Waals surface area contributed by atoms with E-state index in [0.717, 1.165) is 0 Å². The summed E-state index contributed by atoms with van der Waals surface area (Å²) in [6, 6.07) is 0. The topological polar surface area (TPSA) is 0 Å². The van der Waals surface area contributed by atoms with Crippen molar-refractivity contribution in [2.45, 2.75) is 36.8 Å². The zero-order valence-corrected chi connectivity index (χ0v) is 6.09. The molecule has 0 aromatic heterocycles. The van der Waals surface area contributed by atoms with E-state index in [1.807, 2.05) is 0 Å². The van der Waals surface area contributed by atoms with Gasteiger partial charge in [-0.1, -0.05) is 12.8 Å². The van der Waals surface area contributed by atoms with Crippen LogP contribution in [0.1, 0.15) is 19.3 Å². The van der Waals surface area contributed by atoms with Gasteiger partial charge < -0.3 is 0 Å². The lowest BCUT2D eigenvalue weighted by atomic mass is 10.1. The first-order valence-electron chi connectivity index (χ1n) is 3.77. The molecular formula is C7H7F5. The molecule has 0 aromatic rings. The maximum atomic E-state index is 12.8. The Kier molecular flexibility index (Phi) is 1.22. The summed E-state index contributed by atoms with van der Waals surface area (Å²) in [6.07, 6.45) is 0.503. The molecule has 0 N–H and O–H groups in total. The van der Waals surface area contributed by atoms with Gasteiger partial charge in [0.25, 0.3) is 0 Å². The van der Waals surface area contributed by atoms with Gasteiger partial charge in [0.15, 0.2) is 0 Å². The second-order valence-corrected chi connectivity index (χ2v) is 3.60. The fourth-order valence-electron chi connectivity index (χ4n) is 1.41. The molecule has 0 bridgehead atoms. The summed E-state index contributed by atoms with van der Waals surface area (Å²) < 4.78 is 61.7. The molecule has 12 heavy (non-hydrogen) atoms. The summed E-state index contributed by atoms with van der Waals surface area (Å²) in [7, 11) is 0. The van der Waals surface area contributed by atoms with E-state index in [1.54, 1.807) is 0 Å². The summed E-state index contributed by atoms with van der Waals surface area (Å²) in [5.41, 5.74) is -3.54. The van der Waals surface area contributed by atoms with Gasteiger partial charge in [-0.2, -0.15) is 17.6 Å². The Morgan fingerprint density at radius 1 is 0.917 bits per heavy atom. The van der Waals surface area contributed by atoms with Crippen molar-refractivity contribution in [3.63, 3.8) is 0 Å². The van der Waals surface area contributed by atoms with Crippen LogP contribution in [-0.4, -0.2) is 17.5 Å². The second-order valence-electron chi connectivity index (χ2n) is 3.60. The molecule has 2 aliphatic carbocycles. The van der Waals surface area contributed by atoms with Crippen molar-refractivity contribution in [3.8, 4) is 0 Å². The van der Waals surface area contributed by atoms with Crippen molar-refractivity contribution in [1.29, 1.82) is 0 Å². The minimum atomic E-state index is -4.43. The lowest BCUT2D eigenvalue weighted by Crippen LogP contribution is -2.14. The van der Waals surface area contributed by atoms with Crippen molar-refractivity contribution in [3.05, 3.63) is 0 Å². The molecule has 2 aliphatic rings. The van der Waals surface area contributed by atoms with Crippen molar-refractivity contribution in [2.24, 2.45) is 5.92 Å². The number of hydrogen-bond donors (Lipinski definition) is 0. The first-order chi connectivity index (χ1) is 5.33. The highest BCUT2D eigenvalue weighted by molar-refractivity contribution is 5.29. The maximum absolute atomic E-state index is 12.8. The number of halogens is 5. The minimum absolute atomic E-state index is 0.255. The Labute approximate surface area is 65.7 Å². The zero-order valence-electron chi connectivity index (χ0n) is 6.09. The molecule has 0 aliphatic heterocycles. The van der Waals surface area contributed by atoms with Gasteiger partial charge in [0.1, 0.15) is 0 Å². The van der Waals surface area contributed by atoms with E-state index in [2.05, 4.69) is 0 Å². The van der Waals surface area contributed by atoms with Gasteiger partial charge >= 0.3 is 11.8 Å². The fourth-order valence-corrected chi connectivity index (χ4v) is 1.41. The van der Waals surface area contributed by atoms with E-state index in [0.29, 0.717) is 12.8 Å². The Hall–Kier alpha value is -0.350. The first-order valence-corrected chi connectivity index (χ1v) is 3.77. The van der Waals surface area contributed by atoms with Gasteiger partial charge in [0.2, 0.25) is 5.67 Å². The van der Waals surface area contributed by atoms with Gasteiger partial charge in [-0.3, -0.25) is 0 Å². The fraction of sp³-hybridized carbons (Fsp3) is 1.00. The third kappa shape index (κ3) is 0.677. The third-order valence-electron chi connectivity index (χ3n) is 2.59. The SMILES string of the molecule is FC1(F)C(F)(F)C1(F)CC1CC1. The smallest absolute Gasteiger partial charge is 0.230 e. The Bertz CT molecular complexity index is 204. The monoisotopic (exact) mass is 186 g/mol. The van der Waals surface area contributed by atoms with Crippen LogP contribution in [0.3, 0.4) is 0 Å². The average molecular weight is 186 g/mol. The summed E-state index contributed by atoms with van der Waals surface area (Å²) in [5.74, 6) is -9.11. The predicted octanol–water partition coefficient (Wildman–Crippen LogP) is 2.78. The quantitative estimate of drug-likeness (QED) is 0.581. The lowest BCUT2D eigenvalue weighted by molar-refractivity contribution is -0.0278. The molecule has 0 spiro atoms. The van der Waals surface area contributed by atoms with E-state index in [9.17, 15) is 22.0 Å². The largest absolute Gasteiger partial charge is 0.353 e. The van der Waals surface area contributed by atoms with Crippen LogP contribution in [0.25, 0.3) is 0 Å². The number of alkyl halides is 5. The molecule has 0 atom stereocenters. The number of rotatable bonds is 2. The predicted molar refractivity (Wildman–Crippen MR) is 31.1 cm³/mol. The van der Waals surface area contributed by atoms with E-state index >= 15 is 0 Å². The van der Waals surface area contributed by atoms with E-state index < -0.39 is 23.9 Å². The van der Waals surface area contributed by atoms with Crippen LogP contribution < -0.4 is 0 Å². The van der Waals surface area contributed by atoms with Gasteiger partial charge in [0, 0.05) is 0 Å². The van der Waals surface area contributed by atoms with Crippen LogP contribution in [-0.2, 0) is 0 Å². The molecule has 2 saturated carbocycles. The molecule has 2 fully saturated rings. The van der Waals surface area contributed by atoms with E-state index in [4.69, 9.17) is 0 Å². The van der Waals surface area contributed by atoms with Crippen LogP contribution in [0.5, 0.6) is 0 Å². The number of hydrogen-bond acceptors (Lipinski definition) is 0. The minimum Gasteiger partial charge on any atom is -0.230 e. The molecule has 70 valence electrons. The van der Waals surface area contributed by atoms with Gasteiger partial charge in [-0.15, -0.1) is 0 Å². The normalized spacial score (nSPS) is 34.8. The van der Waals surface area contributed by atoms with Crippen LogP contribution >= 0.6 is 0 Å². The molecule has 0 nitrogen and oxygen atoms in total. The summed E-state index contributed by atoms with van der Waals surface area (Å²) in [5, 5.41) is 0. The first kappa shape index (κ1) is 8.26. The van der Waals surface area contributed by atoms with Crippen molar-refractivity contribution >= 4 is 0 Å². The summed E-state index contributed by atoms with van der Waals surface area (Å²) >= 11 is 0. The van der Waals surface area contributed by atoms with Crippen LogP contribution in [0.2, 0.25) is 0 Å². The zero-order chi connectivity index (χ0) is 9.20. The van der Waals surface area contributed by atoms with Crippen LogP contribution in [0.4, 0.5) is 22.0 Å². The van der Waals surface area contributed by atoms with Crippen molar-refractivity contribution in [2.75, 3.05) is 0 Å². The molecule has 0 saturated heterocycles. The molecule has 0 radical (unpaired) electrons. The van der Waals surface area contributed by atoms with Gasteiger partial charge in [-0.25, -0.2) is 4.39 Å². The van der Waals surface area contributed by atoms with Crippen LogP contribution in [0.15, 0.2) is 0 Å². The van der Waals surface area contributed by atoms with Crippen molar-refractivity contribution < 1.29 is 22.0 Å². The molecule has 2 rings (SSSR count). The molecule has 0 unspecified atom stereocenters. The Balaban J connectivity index is 2.12. The van der Waals surface area contributed by atoms with E-state index in [-0.39, 0.29) is 5.92 Å². The molecule has 0 heterocycles. The molecule has 0 aromatic carbocycles. The highest BCUT2D eigenvalue weighted by atomic mass is 19.3. The van der Waals surface area contributed by atoms with Crippen molar-refractivity contribution in [1.82, 2.24) is 0 Å². The average Bonchev–Trinajstić information content (AvgIpc) is 2.75. The van der Waals surface area contributed by atoms with Crippen LogP contribution in [0, 0.1) is 5.92 Å². The second kappa shape index (κ2) is 1.77. The van der Waals surface area contributed by atoms with E-state index in [1.165, 1.54) is 0 Å². The highest BCUT2D eigenvalue weighted by Crippen LogP contribution is 2.71. The van der Waals surface area contributed by atoms with Gasteiger partial charge in [0.05, 0.1) is 0 Å². The van der Waals surface area contributed by atoms with Gasteiger partial charge in [-0.05, 0) is 12.3 Å². The standard InChI is InChI=1S/C7H7F5/c8-5(3-4-1-2-4)6(9,10)7(5,11)12/h4H,1-3H2. The highest BCUT2D eigenvalue weighted by Gasteiger charge is 2.98. The molecule has 5 heteroatoms.